The molecule has 0 aliphatic rings. The zero-order valence-corrected chi connectivity index (χ0v) is 24.3. The molecule has 0 saturated carbocycles. The van der Waals surface area contributed by atoms with E-state index in [1.807, 2.05) is 62.3 Å². The van der Waals surface area contributed by atoms with Gasteiger partial charge < -0.3 is 28.4 Å². The summed E-state index contributed by atoms with van der Waals surface area (Å²) < 4.78 is 65.9. The van der Waals surface area contributed by atoms with Crippen LogP contribution in [0, 0.1) is 0 Å². The van der Waals surface area contributed by atoms with Gasteiger partial charge in [0.25, 0.3) is 0 Å². The highest BCUT2D eigenvalue weighted by Gasteiger charge is 2.39. The van der Waals surface area contributed by atoms with Crippen molar-refractivity contribution >= 4 is 7.82 Å². The first-order chi connectivity index (χ1) is 16.8. The van der Waals surface area contributed by atoms with Gasteiger partial charge in [-0.15, -0.1) is 0 Å². The van der Waals surface area contributed by atoms with Crippen molar-refractivity contribution < 1.29 is 46.6 Å². The molecule has 0 aliphatic heterocycles. The van der Waals surface area contributed by atoms with E-state index in [1.54, 1.807) is 0 Å². The van der Waals surface area contributed by atoms with E-state index in [1.165, 1.54) is 0 Å². The summed E-state index contributed by atoms with van der Waals surface area (Å²) in [5.74, 6) is 0. The Hall–Kier alpha value is -0.130. The van der Waals surface area contributed by atoms with Crippen LogP contribution in [0.3, 0.4) is 0 Å². The van der Waals surface area contributed by atoms with Crippen LogP contribution in [-0.2, 0) is 46.6 Å². The Morgan fingerprint density at radius 2 is 0.657 bits per heavy atom. The van der Waals surface area contributed by atoms with E-state index >= 15 is 0 Å². The van der Waals surface area contributed by atoms with Crippen molar-refractivity contribution in [1.82, 2.24) is 0 Å². The molecule has 6 atom stereocenters. The Kier molecular flexibility index (Phi) is 20.8. The summed E-state index contributed by atoms with van der Waals surface area (Å²) in [5, 5.41) is 0. The molecular formula is C24H51O10P. The molecule has 6 unspecified atom stereocenters. The topological polar surface area (TPSA) is 100 Å². The molecule has 0 radical (unpaired) electrons. The van der Waals surface area contributed by atoms with Gasteiger partial charge in [-0.3, -0.25) is 13.6 Å². The van der Waals surface area contributed by atoms with Crippen LogP contribution < -0.4 is 0 Å². The first-order valence-electron chi connectivity index (χ1n) is 13.2. The van der Waals surface area contributed by atoms with Crippen LogP contribution in [0.4, 0.5) is 0 Å². The van der Waals surface area contributed by atoms with E-state index in [0.717, 1.165) is 0 Å². The number of hydrogen-bond donors (Lipinski definition) is 0. The zero-order chi connectivity index (χ0) is 26.7. The second-order valence-corrected chi connectivity index (χ2v) is 9.09. The lowest BCUT2D eigenvalue weighted by Crippen LogP contribution is -2.31. The van der Waals surface area contributed by atoms with E-state index in [2.05, 4.69) is 0 Å². The molecule has 0 N–H and O–H groups in total. The van der Waals surface area contributed by atoms with Gasteiger partial charge in [-0.25, -0.2) is 4.57 Å². The lowest BCUT2D eigenvalue weighted by Gasteiger charge is -2.32. The quantitative estimate of drug-likeness (QED) is 0.0987. The molecule has 0 bridgehead atoms. The maximum absolute atomic E-state index is 14.0. The average Bonchev–Trinajstić information content (AvgIpc) is 2.85. The molecule has 11 heteroatoms. The molecule has 10 nitrogen and oxygen atoms in total. The summed E-state index contributed by atoms with van der Waals surface area (Å²) in [5.41, 5.74) is 0. The third kappa shape index (κ3) is 15.0. The number of hydrogen-bond acceptors (Lipinski definition) is 10. The SMILES string of the molecule is CCOC(CC)OC(CC)OP(=O)(OC(CC)OC(CC)OCC)OC(CC)OC(CC)OCC. The highest BCUT2D eigenvalue weighted by molar-refractivity contribution is 7.48. The van der Waals surface area contributed by atoms with Crippen LogP contribution in [0.25, 0.3) is 0 Å². The van der Waals surface area contributed by atoms with E-state index in [4.69, 9.17) is 42.0 Å². The molecule has 0 amide bonds. The highest BCUT2D eigenvalue weighted by Crippen LogP contribution is 2.54. The molecule has 0 fully saturated rings. The number of rotatable bonds is 24. The maximum atomic E-state index is 14.0. The first-order valence-corrected chi connectivity index (χ1v) is 14.7. The molecule has 35 heavy (non-hydrogen) atoms. The zero-order valence-electron chi connectivity index (χ0n) is 23.4. The minimum Gasteiger partial charge on any atom is -0.353 e. The van der Waals surface area contributed by atoms with Crippen LogP contribution in [0.1, 0.15) is 101 Å². The van der Waals surface area contributed by atoms with Crippen molar-refractivity contribution in [1.29, 1.82) is 0 Å². The monoisotopic (exact) mass is 530 g/mol. The predicted octanol–water partition coefficient (Wildman–Crippen LogP) is 6.72. The largest absolute Gasteiger partial charge is 0.481 e. The van der Waals surface area contributed by atoms with Crippen LogP contribution in [0.2, 0.25) is 0 Å². The lowest BCUT2D eigenvalue weighted by atomic mass is 10.4. The Morgan fingerprint density at radius 1 is 0.429 bits per heavy atom. The van der Waals surface area contributed by atoms with Crippen molar-refractivity contribution in [3.8, 4) is 0 Å². The molecular weight excluding hydrogens is 479 g/mol. The van der Waals surface area contributed by atoms with Gasteiger partial charge in [-0.1, -0.05) is 41.5 Å². The van der Waals surface area contributed by atoms with Crippen molar-refractivity contribution in [2.24, 2.45) is 0 Å². The molecule has 0 aromatic carbocycles. The van der Waals surface area contributed by atoms with Gasteiger partial charge in [0.1, 0.15) is 0 Å². The summed E-state index contributed by atoms with van der Waals surface area (Å²) in [4.78, 5) is 0. The molecule has 0 aromatic heterocycles. The fraction of sp³-hybridized carbons (Fsp3) is 1.00. The summed E-state index contributed by atoms with van der Waals surface area (Å²) in [6.07, 6.45) is -1.26. The van der Waals surface area contributed by atoms with Crippen LogP contribution >= 0.6 is 7.82 Å². The third-order valence-corrected chi connectivity index (χ3v) is 6.19. The normalized spacial score (nSPS) is 19.0. The maximum Gasteiger partial charge on any atom is 0.481 e. The third-order valence-electron chi connectivity index (χ3n) is 4.71. The number of phosphoric acid groups is 1. The van der Waals surface area contributed by atoms with E-state index in [-0.39, 0.29) is 0 Å². The Labute approximate surface area is 213 Å². The minimum absolute atomic E-state index is 0.392. The van der Waals surface area contributed by atoms with Crippen molar-refractivity contribution in [2.45, 2.75) is 139 Å². The Morgan fingerprint density at radius 3 is 0.829 bits per heavy atom. The van der Waals surface area contributed by atoms with Gasteiger partial charge >= 0.3 is 7.82 Å². The van der Waals surface area contributed by atoms with E-state index in [0.29, 0.717) is 58.3 Å². The fourth-order valence-electron chi connectivity index (χ4n) is 2.92. The molecule has 0 saturated heterocycles. The van der Waals surface area contributed by atoms with Gasteiger partial charge in [0.15, 0.2) is 37.7 Å². The van der Waals surface area contributed by atoms with Crippen molar-refractivity contribution in [3.05, 3.63) is 0 Å². The molecule has 0 rings (SSSR count). The summed E-state index contributed by atoms with van der Waals surface area (Å²) in [6.45, 7) is 18.4. The smallest absolute Gasteiger partial charge is 0.353 e. The minimum atomic E-state index is -4.24. The van der Waals surface area contributed by atoms with Crippen LogP contribution in [0.15, 0.2) is 0 Å². The summed E-state index contributed by atoms with van der Waals surface area (Å²) >= 11 is 0. The molecule has 0 aromatic rings. The number of phosphoric ester groups is 1. The van der Waals surface area contributed by atoms with Crippen molar-refractivity contribution in [2.75, 3.05) is 19.8 Å². The van der Waals surface area contributed by atoms with Crippen LogP contribution in [-0.4, -0.2) is 57.6 Å². The first kappa shape index (κ1) is 34.9. The van der Waals surface area contributed by atoms with E-state index in [9.17, 15) is 4.57 Å². The van der Waals surface area contributed by atoms with Crippen LogP contribution in [0.5, 0.6) is 0 Å². The van der Waals surface area contributed by atoms with Crippen molar-refractivity contribution in [3.63, 3.8) is 0 Å². The van der Waals surface area contributed by atoms with Gasteiger partial charge in [-0.05, 0) is 59.3 Å². The van der Waals surface area contributed by atoms with Gasteiger partial charge in [-0.2, -0.15) is 0 Å². The molecule has 212 valence electrons. The second-order valence-electron chi connectivity index (χ2n) is 7.56. The van der Waals surface area contributed by atoms with Gasteiger partial charge in [0.2, 0.25) is 0 Å². The summed E-state index contributed by atoms with van der Waals surface area (Å²) in [7, 11) is -4.24. The molecule has 0 heterocycles. The van der Waals surface area contributed by atoms with E-state index < -0.39 is 45.6 Å². The number of ether oxygens (including phenoxy) is 6. The second kappa shape index (κ2) is 20.9. The Bertz CT molecular complexity index is 467. The summed E-state index contributed by atoms with van der Waals surface area (Å²) in [6, 6.07) is 0. The van der Waals surface area contributed by atoms with Gasteiger partial charge in [0, 0.05) is 19.8 Å². The molecule has 0 aliphatic carbocycles. The average molecular weight is 531 g/mol. The standard InChI is InChI=1S/C24H51O10P/c1-10-19(26-16-7)29-22(13-4)32-35(25,33-23(14-5)30-20(11-2)27-17-8)34-24(15-6)31-21(12-3)28-18-9/h19-24H,10-18H2,1-9H3. The van der Waals surface area contributed by atoms with Gasteiger partial charge in [0.05, 0.1) is 0 Å². The lowest BCUT2D eigenvalue weighted by molar-refractivity contribution is -0.255. The molecule has 0 spiro atoms. The predicted molar refractivity (Wildman–Crippen MR) is 133 cm³/mol. The Balaban J connectivity index is 5.77. The fourth-order valence-corrected chi connectivity index (χ4v) is 4.53. The highest BCUT2D eigenvalue weighted by atomic mass is 31.2.